The van der Waals surface area contributed by atoms with Crippen molar-refractivity contribution in [1.29, 1.82) is 0 Å². The number of nitrogens with one attached hydrogen (secondary N) is 1. The maximum absolute atomic E-state index is 13.9. The lowest BCUT2D eigenvalue weighted by Crippen LogP contribution is -2.57. The van der Waals surface area contributed by atoms with Gasteiger partial charge in [-0.05, 0) is 55.5 Å². The van der Waals surface area contributed by atoms with E-state index in [1.807, 2.05) is 41.3 Å². The molecule has 0 aromatic heterocycles. The highest BCUT2D eigenvalue weighted by Crippen LogP contribution is 2.39. The van der Waals surface area contributed by atoms with Gasteiger partial charge in [0.15, 0.2) is 0 Å². The zero-order valence-corrected chi connectivity index (χ0v) is 25.6. The molecule has 2 aliphatic rings. The smallest absolute Gasteiger partial charge is 0.250 e. The van der Waals surface area contributed by atoms with Crippen LogP contribution in [-0.4, -0.2) is 65.9 Å². The molecule has 0 saturated carbocycles. The van der Waals surface area contributed by atoms with Gasteiger partial charge in [0.2, 0.25) is 11.8 Å². The molecule has 0 radical (unpaired) electrons. The molecule has 0 bridgehead atoms. The Labute approximate surface area is 254 Å². The summed E-state index contributed by atoms with van der Waals surface area (Å²) in [5.41, 5.74) is 1.10. The van der Waals surface area contributed by atoms with Crippen LogP contribution in [0, 0.1) is 0 Å². The number of piperidine rings is 1. The molecular weight excluding hydrogens is 559 g/mol. The number of hydrogen-bond donors (Lipinski definition) is 1. The number of nitrogens with zero attached hydrogens (tertiary/aromatic N) is 3. The Morgan fingerprint density at radius 1 is 0.951 bits per heavy atom. The molecule has 2 aromatic carbocycles. The fourth-order valence-electron chi connectivity index (χ4n) is 5.95. The second kappa shape index (κ2) is 14.9. The lowest BCUT2D eigenvalue weighted by molar-refractivity contribution is -0.140. The predicted octanol–water partition coefficient (Wildman–Crippen LogP) is 6.07. The fourth-order valence-corrected chi connectivity index (χ4v) is 6.46. The number of hydrogen-bond acceptors (Lipinski definition) is 4. The lowest BCUT2D eigenvalue weighted by Gasteiger charge is -2.43. The molecule has 2 aliphatic heterocycles. The van der Waals surface area contributed by atoms with Crippen LogP contribution < -0.4 is 10.2 Å². The first-order valence-corrected chi connectivity index (χ1v) is 15.7. The van der Waals surface area contributed by atoms with Gasteiger partial charge in [0.05, 0.1) is 6.67 Å². The highest BCUT2D eigenvalue weighted by molar-refractivity contribution is 6.35. The highest BCUT2D eigenvalue weighted by Gasteiger charge is 2.54. The van der Waals surface area contributed by atoms with Gasteiger partial charge < -0.3 is 20.0 Å². The molecular formula is C32H42Cl2N4O3. The largest absolute Gasteiger partial charge is 0.354 e. The van der Waals surface area contributed by atoms with Crippen LogP contribution >= 0.6 is 23.2 Å². The molecule has 1 N–H and O–H groups in total. The summed E-state index contributed by atoms with van der Waals surface area (Å²) in [4.78, 5) is 45.4. The van der Waals surface area contributed by atoms with E-state index in [-0.39, 0.29) is 24.3 Å². The molecule has 2 aromatic rings. The standard InChI is InChI=1S/C32H42Cl2N4O3/c1-2-3-4-5-6-10-13-30(40)36-20-17-32(18-21-36)31(41)37(24-38(32)27-11-8-7-9-12-27)23-29(39)35-19-16-25-14-15-26(33)22-28(25)34/h7-9,11-12,14-15,22H,2-6,10,13,16-21,23-24H2,1H3,(H,35,39). The monoisotopic (exact) mass is 600 g/mol. The highest BCUT2D eigenvalue weighted by atomic mass is 35.5. The number of halogens is 2. The van der Waals surface area contributed by atoms with Crippen molar-refractivity contribution >= 4 is 46.6 Å². The van der Waals surface area contributed by atoms with Crippen LogP contribution in [0.25, 0.3) is 0 Å². The van der Waals surface area contributed by atoms with Gasteiger partial charge >= 0.3 is 0 Å². The average Bonchev–Trinajstić information content (AvgIpc) is 3.22. The summed E-state index contributed by atoms with van der Waals surface area (Å²) in [6.45, 7) is 4.03. The van der Waals surface area contributed by atoms with Gasteiger partial charge in [-0.15, -0.1) is 0 Å². The summed E-state index contributed by atoms with van der Waals surface area (Å²) in [7, 11) is 0. The summed E-state index contributed by atoms with van der Waals surface area (Å²) in [5, 5.41) is 4.07. The summed E-state index contributed by atoms with van der Waals surface area (Å²) in [5.74, 6) is -0.0654. The maximum atomic E-state index is 13.9. The van der Waals surface area contributed by atoms with Crippen LogP contribution in [0.3, 0.4) is 0 Å². The summed E-state index contributed by atoms with van der Waals surface area (Å²) in [6, 6.07) is 15.2. The first kappa shape index (κ1) is 31.2. The molecule has 2 saturated heterocycles. The van der Waals surface area contributed by atoms with Gasteiger partial charge in [-0.25, -0.2) is 0 Å². The number of carbonyl (C=O) groups excluding carboxylic acids is 3. The van der Waals surface area contributed by atoms with E-state index in [1.54, 1.807) is 17.0 Å². The quantitative estimate of drug-likeness (QED) is 0.283. The van der Waals surface area contributed by atoms with Crippen molar-refractivity contribution in [1.82, 2.24) is 15.1 Å². The first-order chi connectivity index (χ1) is 19.8. The first-order valence-electron chi connectivity index (χ1n) is 14.9. The lowest BCUT2D eigenvalue weighted by atomic mass is 9.85. The van der Waals surface area contributed by atoms with Gasteiger partial charge in [-0.2, -0.15) is 0 Å². The SMILES string of the molecule is CCCCCCCCC(=O)N1CCC2(CC1)C(=O)N(CC(=O)NCCc1ccc(Cl)cc1Cl)CN2c1ccccc1. The third-order valence-corrected chi connectivity index (χ3v) is 8.92. The Morgan fingerprint density at radius 2 is 1.66 bits per heavy atom. The van der Waals surface area contributed by atoms with Crippen molar-refractivity contribution in [2.75, 3.05) is 37.7 Å². The van der Waals surface area contributed by atoms with Crippen LogP contribution in [0.5, 0.6) is 0 Å². The summed E-state index contributed by atoms with van der Waals surface area (Å²) in [6.07, 6.45) is 9.15. The molecule has 41 heavy (non-hydrogen) atoms. The number of anilines is 1. The van der Waals surface area contributed by atoms with Gasteiger partial charge in [-0.3, -0.25) is 14.4 Å². The number of amides is 3. The number of carbonyl (C=O) groups is 3. The Kier molecular flexibility index (Phi) is 11.3. The van der Waals surface area contributed by atoms with Crippen LogP contribution in [0.1, 0.15) is 70.3 Å². The fraction of sp³-hybridized carbons (Fsp3) is 0.531. The molecule has 0 aliphatic carbocycles. The third kappa shape index (κ3) is 7.95. The van der Waals surface area contributed by atoms with Crippen molar-refractivity contribution in [2.45, 2.75) is 76.7 Å². The van der Waals surface area contributed by atoms with Gasteiger partial charge in [0.1, 0.15) is 12.1 Å². The molecule has 1 spiro atoms. The van der Waals surface area contributed by atoms with E-state index in [0.717, 1.165) is 24.1 Å². The molecule has 3 amide bonds. The number of benzene rings is 2. The third-order valence-electron chi connectivity index (χ3n) is 8.34. The van der Waals surface area contributed by atoms with Gasteiger partial charge in [-0.1, -0.05) is 86.5 Å². The second-order valence-electron chi connectivity index (χ2n) is 11.2. The van der Waals surface area contributed by atoms with E-state index >= 15 is 0 Å². The average molecular weight is 602 g/mol. The van der Waals surface area contributed by atoms with Crippen molar-refractivity contribution in [3.8, 4) is 0 Å². The molecule has 9 heteroatoms. The molecule has 2 fully saturated rings. The Morgan fingerprint density at radius 3 is 2.37 bits per heavy atom. The van der Waals surface area contributed by atoms with E-state index in [0.29, 0.717) is 62.0 Å². The minimum Gasteiger partial charge on any atom is -0.354 e. The van der Waals surface area contributed by atoms with E-state index in [1.165, 1.54) is 25.7 Å². The van der Waals surface area contributed by atoms with Crippen LogP contribution in [-0.2, 0) is 20.8 Å². The number of rotatable bonds is 13. The zero-order valence-electron chi connectivity index (χ0n) is 24.0. The molecule has 7 nitrogen and oxygen atoms in total. The topological polar surface area (TPSA) is 73.0 Å². The maximum Gasteiger partial charge on any atom is 0.250 e. The number of para-hydroxylation sites is 1. The van der Waals surface area contributed by atoms with E-state index in [2.05, 4.69) is 17.1 Å². The second-order valence-corrected chi connectivity index (χ2v) is 12.0. The minimum absolute atomic E-state index is 0.0149. The summed E-state index contributed by atoms with van der Waals surface area (Å²) < 4.78 is 0. The number of unbranched alkanes of at least 4 members (excludes halogenated alkanes) is 5. The van der Waals surface area contributed by atoms with Crippen LogP contribution in [0.2, 0.25) is 10.0 Å². The Balaban J connectivity index is 1.34. The van der Waals surface area contributed by atoms with Crippen molar-refractivity contribution in [3.63, 3.8) is 0 Å². The summed E-state index contributed by atoms with van der Waals surface area (Å²) >= 11 is 12.2. The van der Waals surface area contributed by atoms with Gasteiger partial charge in [0.25, 0.3) is 5.91 Å². The Bertz CT molecular complexity index is 1180. The molecule has 4 rings (SSSR count). The minimum atomic E-state index is -0.755. The van der Waals surface area contributed by atoms with E-state index in [4.69, 9.17) is 23.2 Å². The van der Waals surface area contributed by atoms with Crippen molar-refractivity contribution in [2.24, 2.45) is 0 Å². The van der Waals surface area contributed by atoms with Crippen LogP contribution in [0.15, 0.2) is 48.5 Å². The van der Waals surface area contributed by atoms with E-state index in [9.17, 15) is 14.4 Å². The van der Waals surface area contributed by atoms with E-state index < -0.39 is 5.54 Å². The molecule has 0 unspecified atom stereocenters. The molecule has 0 atom stereocenters. The molecule has 222 valence electrons. The van der Waals surface area contributed by atoms with Gasteiger partial charge in [0, 0.05) is 41.8 Å². The predicted molar refractivity (Wildman–Crippen MR) is 165 cm³/mol. The normalized spacial score (nSPS) is 16.5. The Hall–Kier alpha value is -2.77. The zero-order chi connectivity index (χ0) is 29.2. The van der Waals surface area contributed by atoms with Crippen molar-refractivity contribution < 1.29 is 14.4 Å². The molecule has 2 heterocycles. The van der Waals surface area contributed by atoms with Crippen molar-refractivity contribution in [3.05, 3.63) is 64.1 Å². The van der Waals surface area contributed by atoms with Crippen LogP contribution in [0.4, 0.5) is 5.69 Å². The number of likely N-dealkylation sites (tertiary alicyclic amines) is 1.